The van der Waals surface area contributed by atoms with E-state index in [-0.39, 0.29) is 11.0 Å². The van der Waals surface area contributed by atoms with Gasteiger partial charge >= 0.3 is 0 Å². The summed E-state index contributed by atoms with van der Waals surface area (Å²) in [5.74, 6) is 1.31. The second kappa shape index (κ2) is 10.4. The van der Waals surface area contributed by atoms with E-state index < -0.39 is 0 Å². The third kappa shape index (κ3) is 5.49. The molecule has 0 unspecified atom stereocenters. The predicted molar refractivity (Wildman–Crippen MR) is 147 cm³/mol. The molecule has 178 valence electrons. The van der Waals surface area contributed by atoms with Crippen molar-refractivity contribution >= 4 is 69.3 Å². The summed E-state index contributed by atoms with van der Waals surface area (Å²) in [6, 6.07) is 23.9. The maximum Gasteiger partial charge on any atom is 0.250 e. The monoisotopic (exact) mass is 533 g/mol. The number of oxazole rings is 1. The molecule has 0 saturated carbocycles. The van der Waals surface area contributed by atoms with Crippen LogP contribution >= 0.6 is 35.4 Å². The first-order chi connectivity index (χ1) is 17.4. The van der Waals surface area contributed by atoms with Crippen LogP contribution in [0.4, 0.5) is 5.69 Å². The highest BCUT2D eigenvalue weighted by molar-refractivity contribution is 7.80. The summed E-state index contributed by atoms with van der Waals surface area (Å²) in [6.07, 6.45) is 2.94. The summed E-state index contributed by atoms with van der Waals surface area (Å²) < 4.78 is 11.5. The number of fused-ring (bicyclic) bond motifs is 1. The van der Waals surface area contributed by atoms with Crippen molar-refractivity contribution in [1.82, 2.24) is 10.3 Å². The van der Waals surface area contributed by atoms with E-state index in [9.17, 15) is 4.79 Å². The van der Waals surface area contributed by atoms with Gasteiger partial charge < -0.3 is 14.2 Å². The number of rotatable bonds is 5. The predicted octanol–water partition coefficient (Wildman–Crippen LogP) is 7.59. The largest absolute Gasteiger partial charge is 0.457 e. The van der Waals surface area contributed by atoms with E-state index in [0.717, 1.165) is 16.9 Å². The molecule has 9 heteroatoms. The zero-order valence-corrected chi connectivity index (χ0v) is 20.8. The van der Waals surface area contributed by atoms with Crippen molar-refractivity contribution in [2.24, 2.45) is 0 Å². The Balaban J connectivity index is 1.18. The van der Waals surface area contributed by atoms with Gasteiger partial charge in [-0.2, -0.15) is 0 Å². The summed E-state index contributed by atoms with van der Waals surface area (Å²) in [4.78, 5) is 16.7. The second-order valence-corrected chi connectivity index (χ2v) is 8.93. The molecule has 36 heavy (non-hydrogen) atoms. The van der Waals surface area contributed by atoms with Crippen LogP contribution in [0.5, 0.6) is 0 Å². The fourth-order valence-corrected chi connectivity index (χ4v) is 4.19. The van der Waals surface area contributed by atoms with Crippen molar-refractivity contribution in [3.8, 4) is 22.8 Å². The molecule has 1 amide bonds. The molecular weight excluding hydrogens is 517 g/mol. The molecule has 0 bridgehead atoms. The van der Waals surface area contributed by atoms with Gasteiger partial charge in [0.15, 0.2) is 10.7 Å². The molecule has 2 heterocycles. The molecular formula is C27H17Cl2N3O3S. The molecule has 0 aliphatic rings. The number of nitrogens with zero attached hydrogens (tertiary/aromatic N) is 1. The number of furan rings is 1. The Bertz CT molecular complexity index is 1590. The highest BCUT2D eigenvalue weighted by Gasteiger charge is 2.12. The lowest BCUT2D eigenvalue weighted by Gasteiger charge is -2.08. The number of halogens is 2. The van der Waals surface area contributed by atoms with Crippen LogP contribution in [-0.4, -0.2) is 16.0 Å². The Morgan fingerprint density at radius 3 is 2.47 bits per heavy atom. The Hall–Kier alpha value is -3.91. The Labute approximate surface area is 221 Å². The van der Waals surface area contributed by atoms with Crippen molar-refractivity contribution in [1.29, 1.82) is 0 Å². The van der Waals surface area contributed by atoms with E-state index >= 15 is 0 Å². The van der Waals surface area contributed by atoms with E-state index in [2.05, 4.69) is 15.6 Å². The molecule has 0 spiro atoms. The zero-order valence-electron chi connectivity index (χ0n) is 18.5. The molecule has 6 nitrogen and oxygen atoms in total. The number of nitrogens with one attached hydrogen (secondary N) is 2. The van der Waals surface area contributed by atoms with Gasteiger partial charge in [-0.3, -0.25) is 10.1 Å². The molecule has 2 N–H and O–H groups in total. The number of amides is 1. The molecule has 3 aromatic carbocycles. The SMILES string of the molecule is O=C(/C=C/c1ccc(-c2ccccc2)o1)NC(=S)Nc1ccc(-c2nc3cc(Cl)cc(Cl)c3o2)cc1. The third-order valence-electron chi connectivity index (χ3n) is 5.12. The number of carbonyl (C=O) groups is 1. The van der Waals surface area contributed by atoms with Crippen LogP contribution in [0.15, 0.2) is 93.8 Å². The number of hydrogen-bond acceptors (Lipinski definition) is 5. The maximum atomic E-state index is 12.3. The van der Waals surface area contributed by atoms with Gasteiger partial charge in [0, 0.05) is 27.9 Å². The molecule has 2 aromatic heterocycles. The quantitative estimate of drug-likeness (QED) is 0.179. The van der Waals surface area contributed by atoms with Crippen LogP contribution in [0.25, 0.3) is 40.0 Å². The van der Waals surface area contributed by atoms with Crippen molar-refractivity contribution in [3.63, 3.8) is 0 Å². The third-order valence-corrected chi connectivity index (χ3v) is 5.82. The van der Waals surface area contributed by atoms with Crippen molar-refractivity contribution in [2.45, 2.75) is 0 Å². The number of anilines is 1. The molecule has 0 atom stereocenters. The first-order valence-corrected chi connectivity index (χ1v) is 11.9. The highest BCUT2D eigenvalue weighted by atomic mass is 35.5. The number of hydrogen-bond donors (Lipinski definition) is 2. The minimum Gasteiger partial charge on any atom is -0.457 e. The lowest BCUT2D eigenvalue weighted by Crippen LogP contribution is -2.32. The average molecular weight is 534 g/mol. The van der Waals surface area contributed by atoms with Crippen molar-refractivity contribution in [3.05, 3.63) is 101 Å². The standard InChI is InChI=1S/C27H17Cl2N3O3S/c28-18-14-21(29)25-22(15-18)31-26(35-25)17-6-8-19(9-7-17)30-27(36)32-24(33)13-11-20-10-12-23(34-20)16-4-2-1-3-5-16/h1-15H,(H2,30,32,33,36)/b13-11+. The Morgan fingerprint density at radius 1 is 0.917 bits per heavy atom. The molecule has 0 radical (unpaired) electrons. The molecule has 5 rings (SSSR count). The van der Waals surface area contributed by atoms with Crippen molar-refractivity contribution < 1.29 is 13.6 Å². The summed E-state index contributed by atoms with van der Waals surface area (Å²) in [6.45, 7) is 0. The number of thiocarbonyl (C=S) groups is 1. The van der Waals surface area contributed by atoms with Gasteiger partial charge in [0.1, 0.15) is 17.0 Å². The van der Waals surface area contributed by atoms with Gasteiger partial charge in [-0.1, -0.05) is 53.5 Å². The van der Waals surface area contributed by atoms with E-state index in [1.807, 2.05) is 48.5 Å². The van der Waals surface area contributed by atoms with E-state index in [4.69, 9.17) is 44.3 Å². The van der Waals surface area contributed by atoms with Gasteiger partial charge in [0.25, 0.3) is 0 Å². The van der Waals surface area contributed by atoms with Crippen LogP contribution in [0.3, 0.4) is 0 Å². The average Bonchev–Trinajstić information content (AvgIpc) is 3.51. The first-order valence-electron chi connectivity index (χ1n) is 10.8. The Kier molecular flexibility index (Phi) is 6.86. The second-order valence-electron chi connectivity index (χ2n) is 7.68. The summed E-state index contributed by atoms with van der Waals surface area (Å²) in [5, 5.41) is 6.62. The summed E-state index contributed by atoms with van der Waals surface area (Å²) in [5.41, 5.74) is 3.44. The number of benzene rings is 3. The summed E-state index contributed by atoms with van der Waals surface area (Å²) in [7, 11) is 0. The Morgan fingerprint density at radius 2 is 1.69 bits per heavy atom. The lowest BCUT2D eigenvalue weighted by molar-refractivity contribution is -0.115. The molecule has 0 saturated heterocycles. The zero-order chi connectivity index (χ0) is 25.1. The van der Waals surface area contributed by atoms with Crippen LogP contribution in [0, 0.1) is 0 Å². The van der Waals surface area contributed by atoms with Gasteiger partial charge in [-0.25, -0.2) is 4.98 Å². The van der Waals surface area contributed by atoms with Gasteiger partial charge in [0.05, 0.1) is 5.02 Å². The molecule has 0 aliphatic heterocycles. The van der Waals surface area contributed by atoms with Crippen molar-refractivity contribution in [2.75, 3.05) is 5.32 Å². The molecule has 0 fully saturated rings. The van der Waals surface area contributed by atoms with Crippen LogP contribution in [-0.2, 0) is 4.79 Å². The lowest BCUT2D eigenvalue weighted by atomic mass is 10.2. The minimum atomic E-state index is -0.385. The van der Waals surface area contributed by atoms with E-state index in [1.165, 1.54) is 6.08 Å². The van der Waals surface area contributed by atoms with E-state index in [0.29, 0.717) is 38.5 Å². The van der Waals surface area contributed by atoms with Crippen LogP contribution in [0.1, 0.15) is 5.76 Å². The minimum absolute atomic E-state index is 0.158. The fourth-order valence-electron chi connectivity index (χ4n) is 3.45. The molecule has 5 aromatic rings. The smallest absolute Gasteiger partial charge is 0.250 e. The number of aromatic nitrogens is 1. The normalized spacial score (nSPS) is 11.2. The van der Waals surface area contributed by atoms with Crippen LogP contribution < -0.4 is 10.6 Å². The first kappa shape index (κ1) is 23.8. The number of carbonyl (C=O) groups excluding carboxylic acids is 1. The fraction of sp³-hybridized carbons (Fsp3) is 0. The summed E-state index contributed by atoms with van der Waals surface area (Å²) >= 11 is 17.5. The maximum absolute atomic E-state index is 12.3. The van der Waals surface area contributed by atoms with E-state index in [1.54, 1.807) is 36.4 Å². The van der Waals surface area contributed by atoms with Crippen LogP contribution in [0.2, 0.25) is 10.0 Å². The topological polar surface area (TPSA) is 80.3 Å². The molecule has 0 aliphatic carbocycles. The highest BCUT2D eigenvalue weighted by Crippen LogP contribution is 2.32. The van der Waals surface area contributed by atoms with Gasteiger partial charge in [0.2, 0.25) is 11.8 Å². The van der Waals surface area contributed by atoms with Gasteiger partial charge in [-0.15, -0.1) is 0 Å². The van der Waals surface area contributed by atoms with Gasteiger partial charge in [-0.05, 0) is 66.8 Å².